The first-order valence-corrected chi connectivity index (χ1v) is 46.2. The van der Waals surface area contributed by atoms with Crippen molar-refractivity contribution in [2.24, 2.45) is 0 Å². The number of hydrogen-bond acceptors (Lipinski definition) is 8. The van der Waals surface area contributed by atoms with Gasteiger partial charge >= 0.3 is 0 Å². The average Bonchev–Trinajstić information content (AvgIpc) is 0.737. The van der Waals surface area contributed by atoms with E-state index in [4.69, 9.17) is 19.9 Å². The second kappa shape index (κ2) is 35.6. The third kappa shape index (κ3) is 15.7. The molecule has 0 fully saturated rings. The molecule has 0 N–H and O–H groups in total. The van der Waals surface area contributed by atoms with Crippen LogP contribution in [0.3, 0.4) is 0 Å². The van der Waals surface area contributed by atoms with E-state index in [-0.39, 0.29) is 0 Å². The summed E-state index contributed by atoms with van der Waals surface area (Å²) in [4.78, 5) is 30.4. The standard InChI is InChI=1S/C66H44N4.C62H42N4/c1-4-15-47(16-5-1)64-60-22-12-13-23-63(60)68-66-61(64)40-31-48-32-41-62(67-65(48)66)53-27-26-51-42-50(24-25-52(51)43-53)46-28-33-56(34-29-46)70(59-35-30-45-14-10-11-17-49(45)44-59)58-38-36-57(37-39-58)69(54-18-6-2-7-19-54)55-20-8-3-9-21-55;1-4-15-47(16-5-1)60-56-22-12-13-23-59(56)64-62-57(60)40-31-48-32-41-58(63-61(48)62)46-26-24-44(25-27-46)45-28-33-52(34-29-45)66(55-35-30-43-14-10-11-17-49(43)42-55)54-38-36-53(37-39-54)65(50-18-6-2-7-19-50)51-20-8-3-9-21-51/h1-44H;1-42H. The first-order chi connectivity index (χ1) is 67.4. The average molecular weight is 1740 g/mol. The van der Waals surface area contributed by atoms with Gasteiger partial charge < -0.3 is 19.6 Å². The van der Waals surface area contributed by atoms with E-state index in [2.05, 4.69) is 541 Å². The van der Waals surface area contributed by atoms with Gasteiger partial charge in [-0.15, -0.1) is 0 Å². The maximum atomic E-state index is 5.34. The van der Waals surface area contributed by atoms with Crippen molar-refractivity contribution < 1.29 is 0 Å². The van der Waals surface area contributed by atoms with Gasteiger partial charge in [0.05, 0.1) is 44.5 Å². The number of para-hydroxylation sites is 6. The Morgan fingerprint density at radius 1 is 0.125 bits per heavy atom. The van der Waals surface area contributed by atoms with Crippen LogP contribution in [0.4, 0.5) is 68.2 Å². The van der Waals surface area contributed by atoms with Crippen LogP contribution in [0.25, 0.3) is 165 Å². The maximum absolute atomic E-state index is 5.34. The van der Waals surface area contributed by atoms with E-state index >= 15 is 0 Å². The summed E-state index contributed by atoms with van der Waals surface area (Å²) in [5.74, 6) is 0. The minimum Gasteiger partial charge on any atom is -0.311 e. The summed E-state index contributed by atoms with van der Waals surface area (Å²) in [5.41, 5.74) is 32.0. The lowest BCUT2D eigenvalue weighted by Gasteiger charge is -2.28. The fourth-order valence-electron chi connectivity index (χ4n) is 19.5. The molecule has 0 atom stereocenters. The van der Waals surface area contributed by atoms with Crippen LogP contribution in [-0.4, -0.2) is 19.9 Å². The van der Waals surface area contributed by atoms with Crippen LogP contribution in [0.15, 0.2) is 522 Å². The molecule has 25 aromatic rings. The van der Waals surface area contributed by atoms with Crippen LogP contribution in [0.1, 0.15) is 0 Å². The molecule has 0 radical (unpaired) electrons. The molecule has 0 aliphatic rings. The second-order valence-electron chi connectivity index (χ2n) is 34.4. The summed E-state index contributed by atoms with van der Waals surface area (Å²) in [6, 6.07) is 186. The van der Waals surface area contributed by atoms with Crippen molar-refractivity contribution in [1.82, 2.24) is 19.9 Å². The summed E-state index contributed by atoms with van der Waals surface area (Å²) < 4.78 is 0. The summed E-state index contributed by atoms with van der Waals surface area (Å²) >= 11 is 0. The number of hydrogen-bond donors (Lipinski definition) is 0. The monoisotopic (exact) mass is 1730 g/mol. The van der Waals surface area contributed by atoms with Crippen molar-refractivity contribution in [1.29, 1.82) is 0 Å². The molecule has 0 amide bonds. The summed E-state index contributed by atoms with van der Waals surface area (Å²) in [7, 11) is 0. The zero-order valence-electron chi connectivity index (χ0n) is 74.2. The third-order valence-electron chi connectivity index (χ3n) is 26.2. The van der Waals surface area contributed by atoms with Crippen LogP contribution in [-0.2, 0) is 0 Å². The van der Waals surface area contributed by atoms with Crippen LogP contribution >= 0.6 is 0 Å². The number of pyridine rings is 4. The summed E-state index contributed by atoms with van der Waals surface area (Å²) in [6.07, 6.45) is 0. The fourth-order valence-corrected chi connectivity index (χ4v) is 19.5. The van der Waals surface area contributed by atoms with E-state index < -0.39 is 0 Å². The largest absolute Gasteiger partial charge is 0.311 e. The Balaban J connectivity index is 0.000000149. The molecular weight excluding hydrogens is 1650 g/mol. The Morgan fingerprint density at radius 3 is 0.772 bits per heavy atom. The van der Waals surface area contributed by atoms with Crippen molar-refractivity contribution in [2.75, 3.05) is 19.6 Å². The predicted molar refractivity (Wildman–Crippen MR) is 573 cm³/mol. The summed E-state index contributed by atoms with van der Waals surface area (Å²) in [5, 5.41) is 13.8. The van der Waals surface area contributed by atoms with Crippen molar-refractivity contribution in [3.8, 4) is 67.0 Å². The SMILES string of the molecule is c1ccc(-c2c3ccccc3nc3c2ccc2ccc(-c4ccc(-c5ccc(N(c6ccc(N(c7ccccc7)c7ccccc7)cc6)c6ccc7ccccc7c6)cc5)cc4)nc23)cc1.c1ccc(-c2c3ccccc3nc3c2ccc2ccc(-c4ccc5cc(-c6ccc(N(c7ccc(N(c8ccccc8)c8ccccc8)cc7)c7ccc8ccccc8c7)cc6)ccc5c4)nc23)cc1. The number of rotatable bonds is 18. The Labute approximate surface area is 788 Å². The van der Waals surface area contributed by atoms with Gasteiger partial charge in [-0.1, -0.05) is 340 Å². The minimum atomic E-state index is 0.905. The highest BCUT2D eigenvalue weighted by Crippen LogP contribution is 2.47. The Kier molecular flexibility index (Phi) is 21.2. The van der Waals surface area contributed by atoms with Crippen LogP contribution < -0.4 is 19.6 Å². The molecule has 0 spiro atoms. The van der Waals surface area contributed by atoms with Gasteiger partial charge in [-0.05, 0) is 248 Å². The van der Waals surface area contributed by atoms with Crippen LogP contribution in [0.2, 0.25) is 0 Å². The van der Waals surface area contributed by atoms with Crippen LogP contribution in [0, 0.1) is 0 Å². The number of benzene rings is 21. The highest BCUT2D eigenvalue weighted by atomic mass is 15.2. The first kappa shape index (κ1) is 81.0. The number of nitrogens with zero attached hydrogens (tertiary/aromatic N) is 8. The van der Waals surface area contributed by atoms with Gasteiger partial charge in [0, 0.05) is 123 Å². The van der Waals surface area contributed by atoms with Crippen LogP contribution in [0.5, 0.6) is 0 Å². The van der Waals surface area contributed by atoms with Crippen molar-refractivity contribution in [2.45, 2.75) is 0 Å². The molecule has 21 aromatic carbocycles. The molecule has 0 aliphatic carbocycles. The van der Waals surface area contributed by atoms with E-state index in [1.54, 1.807) is 0 Å². The molecule has 0 bridgehead atoms. The smallest absolute Gasteiger partial charge is 0.0978 e. The highest BCUT2D eigenvalue weighted by Gasteiger charge is 2.24. The lowest BCUT2D eigenvalue weighted by Crippen LogP contribution is -2.12. The molecule has 136 heavy (non-hydrogen) atoms. The first-order valence-electron chi connectivity index (χ1n) is 46.2. The topological polar surface area (TPSA) is 64.5 Å². The second-order valence-corrected chi connectivity index (χ2v) is 34.4. The molecular formula is C128H86N8. The Morgan fingerprint density at radius 2 is 0.375 bits per heavy atom. The van der Waals surface area contributed by atoms with Crippen molar-refractivity contribution >= 4 is 166 Å². The van der Waals surface area contributed by atoms with Crippen molar-refractivity contribution in [3.05, 3.63) is 522 Å². The molecule has 4 aromatic heterocycles. The zero-order chi connectivity index (χ0) is 90.2. The van der Waals surface area contributed by atoms with E-state index in [1.165, 1.54) is 49.2 Å². The van der Waals surface area contributed by atoms with E-state index in [0.717, 1.165) is 184 Å². The third-order valence-corrected chi connectivity index (χ3v) is 26.2. The van der Waals surface area contributed by atoms with Gasteiger partial charge in [-0.25, -0.2) is 19.9 Å². The summed E-state index contributed by atoms with van der Waals surface area (Å²) in [6.45, 7) is 0. The van der Waals surface area contributed by atoms with E-state index in [1.807, 2.05) is 0 Å². The molecule has 0 saturated heterocycles. The van der Waals surface area contributed by atoms with E-state index in [0.29, 0.717) is 0 Å². The Hall–Kier alpha value is -18.2. The fraction of sp³-hybridized carbons (Fsp3) is 0. The van der Waals surface area contributed by atoms with Crippen molar-refractivity contribution in [3.63, 3.8) is 0 Å². The quantitative estimate of drug-likeness (QED) is 0.0622. The molecule has 25 rings (SSSR count). The zero-order valence-corrected chi connectivity index (χ0v) is 74.2. The molecule has 4 heterocycles. The van der Waals surface area contributed by atoms with Gasteiger partial charge in [0.2, 0.25) is 0 Å². The Bertz CT molecular complexity index is 8660. The van der Waals surface area contributed by atoms with Gasteiger partial charge in [0.1, 0.15) is 0 Å². The number of aromatic nitrogens is 4. The predicted octanol–water partition coefficient (Wildman–Crippen LogP) is 35.2. The highest BCUT2D eigenvalue weighted by molar-refractivity contribution is 6.18. The van der Waals surface area contributed by atoms with E-state index in [9.17, 15) is 0 Å². The molecule has 8 nitrogen and oxygen atoms in total. The molecule has 0 aliphatic heterocycles. The van der Waals surface area contributed by atoms with Gasteiger partial charge in [0.15, 0.2) is 0 Å². The van der Waals surface area contributed by atoms with Gasteiger partial charge in [-0.3, -0.25) is 0 Å². The van der Waals surface area contributed by atoms with Gasteiger partial charge in [-0.2, -0.15) is 0 Å². The molecule has 8 heteroatoms. The molecule has 0 saturated carbocycles. The lowest BCUT2D eigenvalue weighted by atomic mass is 9.95. The number of anilines is 12. The lowest BCUT2D eigenvalue weighted by molar-refractivity contribution is 1.26. The normalized spacial score (nSPS) is 11.4. The number of fused-ring (bicyclic) bond motifs is 11. The molecule has 0 unspecified atom stereocenters. The maximum Gasteiger partial charge on any atom is 0.0978 e. The minimum absolute atomic E-state index is 0.905. The van der Waals surface area contributed by atoms with Gasteiger partial charge in [0.25, 0.3) is 0 Å². The molecule has 638 valence electrons.